The molecule has 0 spiro atoms. The Hall–Kier alpha value is -6.77. The van der Waals surface area contributed by atoms with Crippen LogP contribution in [0.25, 0.3) is 57.3 Å². The molecule has 52 heavy (non-hydrogen) atoms. The van der Waals surface area contributed by atoms with Crippen LogP contribution in [0.15, 0.2) is 194 Å². The summed E-state index contributed by atoms with van der Waals surface area (Å²) in [6, 6.07) is 65.6. The minimum absolute atomic E-state index is 0.297. The van der Waals surface area contributed by atoms with Gasteiger partial charge in [-0.05, 0) is 92.2 Å². The topological polar surface area (TPSA) is 3.24 Å². The zero-order valence-electron chi connectivity index (χ0n) is 28.6. The van der Waals surface area contributed by atoms with E-state index in [0.29, 0.717) is 5.69 Å². The lowest BCUT2D eigenvalue weighted by Gasteiger charge is -2.29. The minimum atomic E-state index is -0.297. The van der Waals surface area contributed by atoms with E-state index in [1.165, 1.54) is 0 Å². The Morgan fingerprint density at radius 3 is 1.42 bits per heavy atom. The molecular formula is C50H36FN. The fourth-order valence-electron chi connectivity index (χ4n) is 6.61. The van der Waals surface area contributed by atoms with Crippen molar-refractivity contribution in [3.63, 3.8) is 0 Å². The minimum Gasteiger partial charge on any atom is -0.307 e. The van der Waals surface area contributed by atoms with Crippen LogP contribution in [0.1, 0.15) is 22.3 Å². The molecule has 0 saturated heterocycles. The highest BCUT2D eigenvalue weighted by Gasteiger charge is 2.23. The van der Waals surface area contributed by atoms with Gasteiger partial charge in [0.1, 0.15) is 5.82 Å². The van der Waals surface area contributed by atoms with Crippen molar-refractivity contribution in [2.45, 2.75) is 0 Å². The molecule has 0 heterocycles. The molecule has 0 radical (unpaired) electrons. The van der Waals surface area contributed by atoms with Crippen LogP contribution in [-0.2, 0) is 0 Å². The van der Waals surface area contributed by atoms with Gasteiger partial charge in [-0.3, -0.25) is 0 Å². The number of hydrogen-bond donors (Lipinski definition) is 0. The van der Waals surface area contributed by atoms with Crippen LogP contribution < -0.4 is 4.90 Å². The zero-order valence-corrected chi connectivity index (χ0v) is 28.6. The lowest BCUT2D eigenvalue weighted by atomic mass is 9.95. The molecule has 248 valence electrons. The summed E-state index contributed by atoms with van der Waals surface area (Å²) in [7, 11) is 0. The van der Waals surface area contributed by atoms with Gasteiger partial charge in [-0.1, -0.05) is 176 Å². The van der Waals surface area contributed by atoms with Gasteiger partial charge in [-0.25, -0.2) is 4.39 Å². The molecule has 0 fully saturated rings. The molecule has 0 amide bonds. The van der Waals surface area contributed by atoms with Gasteiger partial charge in [0.25, 0.3) is 0 Å². The first-order valence-electron chi connectivity index (χ1n) is 17.5. The molecule has 0 atom stereocenters. The smallest absolute Gasteiger partial charge is 0.148 e. The first-order valence-corrected chi connectivity index (χ1v) is 17.5. The van der Waals surface area contributed by atoms with Gasteiger partial charge in [-0.2, -0.15) is 0 Å². The summed E-state index contributed by atoms with van der Waals surface area (Å²) < 4.78 is 17.0. The van der Waals surface area contributed by atoms with Crippen molar-refractivity contribution in [1.82, 2.24) is 0 Å². The van der Waals surface area contributed by atoms with E-state index in [1.807, 2.05) is 97.1 Å². The number of nitrogens with zero attached hydrogens (tertiary/aromatic N) is 1. The van der Waals surface area contributed by atoms with Gasteiger partial charge in [-0.15, -0.1) is 0 Å². The highest BCUT2D eigenvalue weighted by Crippen LogP contribution is 2.45. The third-order valence-electron chi connectivity index (χ3n) is 9.27. The van der Waals surface area contributed by atoms with Gasteiger partial charge in [0, 0.05) is 16.9 Å². The van der Waals surface area contributed by atoms with Crippen molar-refractivity contribution >= 4 is 52.1 Å². The molecule has 0 aromatic heterocycles. The van der Waals surface area contributed by atoms with Crippen molar-refractivity contribution < 1.29 is 4.39 Å². The Morgan fingerprint density at radius 2 is 0.808 bits per heavy atom. The Morgan fingerprint density at radius 1 is 0.346 bits per heavy atom. The average Bonchev–Trinajstić information content (AvgIpc) is 3.21. The highest BCUT2D eigenvalue weighted by atomic mass is 19.1. The van der Waals surface area contributed by atoms with Crippen molar-refractivity contribution in [2.24, 2.45) is 0 Å². The third-order valence-corrected chi connectivity index (χ3v) is 9.27. The SMILES string of the molecule is Fc1cc(-c2ccccc2)cc(-c2ccccc2)c1N(c1ccc(C=Cc2ccccc2)cc1)c1ccc2cc(C=Cc3ccccc3)ccc2c1. The van der Waals surface area contributed by atoms with E-state index in [-0.39, 0.29) is 5.82 Å². The van der Waals surface area contributed by atoms with Crippen LogP contribution in [0.5, 0.6) is 0 Å². The number of anilines is 3. The predicted molar refractivity (Wildman–Crippen MR) is 220 cm³/mol. The molecule has 1 nitrogen and oxygen atoms in total. The number of benzene rings is 8. The van der Waals surface area contributed by atoms with Crippen LogP contribution in [0.4, 0.5) is 21.5 Å². The van der Waals surface area contributed by atoms with Crippen molar-refractivity contribution in [3.8, 4) is 22.3 Å². The van der Waals surface area contributed by atoms with Crippen molar-refractivity contribution in [1.29, 1.82) is 0 Å². The number of fused-ring (bicyclic) bond motifs is 1. The molecule has 8 aromatic carbocycles. The normalized spacial score (nSPS) is 11.4. The summed E-state index contributed by atoms with van der Waals surface area (Å²) in [6.07, 6.45) is 8.48. The van der Waals surface area contributed by atoms with Gasteiger partial charge in [0.15, 0.2) is 0 Å². The average molecular weight is 670 g/mol. The second kappa shape index (κ2) is 15.0. The first kappa shape index (κ1) is 32.4. The monoisotopic (exact) mass is 669 g/mol. The summed E-state index contributed by atoms with van der Waals surface area (Å²) in [5.74, 6) is -0.297. The third kappa shape index (κ3) is 7.23. The maximum Gasteiger partial charge on any atom is 0.148 e. The number of hydrogen-bond acceptors (Lipinski definition) is 1. The van der Waals surface area contributed by atoms with Crippen LogP contribution in [0, 0.1) is 5.82 Å². The standard InChI is InChI=1S/C50H36FN/c51-49-36-45(41-17-9-3-10-18-41)35-48(42-19-11-4-12-20-42)50(49)52(46-30-26-39(27-31-46)22-21-37-13-5-1-6-14-37)47-32-29-43-33-40(25-28-44(43)34-47)24-23-38-15-7-2-8-16-38/h1-36H. The largest absolute Gasteiger partial charge is 0.307 e. The maximum atomic E-state index is 17.0. The van der Waals surface area contributed by atoms with E-state index in [0.717, 1.165) is 66.7 Å². The zero-order chi connectivity index (χ0) is 35.1. The highest BCUT2D eigenvalue weighted by molar-refractivity contribution is 5.95. The molecule has 0 aliphatic heterocycles. The second-order valence-electron chi connectivity index (χ2n) is 12.8. The van der Waals surface area contributed by atoms with Gasteiger partial charge in [0.05, 0.1) is 5.69 Å². The summed E-state index contributed by atoms with van der Waals surface area (Å²) in [4.78, 5) is 2.06. The Labute approximate surface area is 304 Å². The molecule has 0 bridgehead atoms. The van der Waals surface area contributed by atoms with Crippen LogP contribution in [-0.4, -0.2) is 0 Å². The molecule has 8 rings (SSSR count). The van der Waals surface area contributed by atoms with Crippen LogP contribution in [0.2, 0.25) is 0 Å². The second-order valence-corrected chi connectivity index (χ2v) is 12.8. The van der Waals surface area contributed by atoms with E-state index in [1.54, 1.807) is 6.07 Å². The Kier molecular flexibility index (Phi) is 9.36. The van der Waals surface area contributed by atoms with Crippen molar-refractivity contribution in [2.75, 3.05) is 4.90 Å². The molecular weight excluding hydrogens is 634 g/mol. The van der Waals surface area contributed by atoms with E-state index in [4.69, 9.17) is 0 Å². The summed E-state index contributed by atoms with van der Waals surface area (Å²) in [5, 5.41) is 2.19. The number of rotatable bonds is 9. The summed E-state index contributed by atoms with van der Waals surface area (Å²) >= 11 is 0. The molecule has 0 aliphatic rings. The molecule has 0 N–H and O–H groups in total. The summed E-state index contributed by atoms with van der Waals surface area (Å²) in [6.45, 7) is 0. The van der Waals surface area contributed by atoms with Gasteiger partial charge < -0.3 is 4.90 Å². The molecule has 8 aromatic rings. The van der Waals surface area contributed by atoms with E-state index in [9.17, 15) is 0 Å². The first-order chi connectivity index (χ1) is 25.7. The fourth-order valence-corrected chi connectivity index (χ4v) is 6.61. The van der Waals surface area contributed by atoms with E-state index in [2.05, 4.69) is 120 Å². The quantitative estimate of drug-likeness (QED) is 0.138. The lowest BCUT2D eigenvalue weighted by Crippen LogP contribution is -2.13. The molecule has 0 saturated carbocycles. The van der Waals surface area contributed by atoms with E-state index < -0.39 is 0 Å². The van der Waals surface area contributed by atoms with Gasteiger partial charge in [0.2, 0.25) is 0 Å². The molecule has 2 heteroatoms. The Balaban J connectivity index is 1.26. The maximum absolute atomic E-state index is 17.0. The summed E-state index contributed by atoms with van der Waals surface area (Å²) in [5.41, 5.74) is 10.3. The fraction of sp³-hybridized carbons (Fsp3) is 0. The van der Waals surface area contributed by atoms with Gasteiger partial charge >= 0.3 is 0 Å². The molecule has 0 aliphatic carbocycles. The van der Waals surface area contributed by atoms with Crippen LogP contribution >= 0.6 is 0 Å². The Bertz CT molecular complexity index is 2490. The lowest BCUT2D eigenvalue weighted by molar-refractivity contribution is 0.630. The van der Waals surface area contributed by atoms with Crippen LogP contribution in [0.3, 0.4) is 0 Å². The van der Waals surface area contributed by atoms with E-state index >= 15 is 4.39 Å². The molecule has 0 unspecified atom stereocenters. The predicted octanol–water partition coefficient (Wildman–Crippen LogP) is 14.1. The van der Waals surface area contributed by atoms with Crippen molar-refractivity contribution in [3.05, 3.63) is 222 Å². The number of halogens is 1.